The van der Waals surface area contributed by atoms with Crippen molar-refractivity contribution in [3.63, 3.8) is 0 Å². The van der Waals surface area contributed by atoms with Crippen molar-refractivity contribution >= 4 is 11.6 Å². The minimum atomic E-state index is -0.370. The van der Waals surface area contributed by atoms with Crippen molar-refractivity contribution in [1.82, 2.24) is 10.3 Å². The number of nitrogens with zero attached hydrogens (tertiary/aromatic N) is 1. The zero-order valence-electron chi connectivity index (χ0n) is 12.8. The molecule has 6 heteroatoms. The van der Waals surface area contributed by atoms with Gasteiger partial charge >= 0.3 is 0 Å². The molecule has 1 saturated heterocycles. The molecule has 0 bridgehead atoms. The van der Waals surface area contributed by atoms with E-state index in [-0.39, 0.29) is 17.8 Å². The Morgan fingerprint density at radius 3 is 2.87 bits per heavy atom. The van der Waals surface area contributed by atoms with Gasteiger partial charge in [-0.3, -0.25) is 4.98 Å². The molecule has 2 aromatic rings. The van der Waals surface area contributed by atoms with Crippen LogP contribution in [-0.4, -0.2) is 25.2 Å². The fourth-order valence-electron chi connectivity index (χ4n) is 2.83. The first-order chi connectivity index (χ1) is 11.2. The monoisotopic (exact) mass is 336 g/mol. The third-order valence-electron chi connectivity index (χ3n) is 3.96. The van der Waals surface area contributed by atoms with Gasteiger partial charge in [0, 0.05) is 35.3 Å². The summed E-state index contributed by atoms with van der Waals surface area (Å²) >= 11 is 5.99. The largest absolute Gasteiger partial charge is 0.493 e. The SMILES string of the molecule is COc1cc(Cl)ccc1OC(c1cncc(F)c1)[C@H]1CCNC1. The quantitative estimate of drug-likeness (QED) is 0.905. The Bertz CT molecular complexity index is 677. The lowest BCUT2D eigenvalue weighted by molar-refractivity contribution is 0.138. The number of aromatic nitrogens is 1. The summed E-state index contributed by atoms with van der Waals surface area (Å²) in [5.41, 5.74) is 0.718. The third-order valence-corrected chi connectivity index (χ3v) is 4.20. The number of pyridine rings is 1. The highest BCUT2D eigenvalue weighted by atomic mass is 35.5. The lowest BCUT2D eigenvalue weighted by Gasteiger charge is -2.25. The molecule has 1 unspecified atom stereocenters. The molecule has 1 aromatic heterocycles. The number of rotatable bonds is 5. The van der Waals surface area contributed by atoms with Crippen molar-refractivity contribution in [3.05, 3.63) is 53.1 Å². The summed E-state index contributed by atoms with van der Waals surface area (Å²) in [5.74, 6) is 1.000. The predicted octanol–water partition coefficient (Wildman–Crippen LogP) is 3.61. The molecule has 1 N–H and O–H groups in total. The number of hydrogen-bond acceptors (Lipinski definition) is 4. The number of methoxy groups -OCH3 is 1. The normalized spacial score (nSPS) is 18.7. The van der Waals surface area contributed by atoms with Crippen LogP contribution in [-0.2, 0) is 0 Å². The van der Waals surface area contributed by atoms with Gasteiger partial charge in [-0.05, 0) is 31.2 Å². The van der Waals surface area contributed by atoms with E-state index in [0.29, 0.717) is 16.5 Å². The van der Waals surface area contributed by atoms with Gasteiger partial charge in [0.1, 0.15) is 11.9 Å². The molecule has 23 heavy (non-hydrogen) atoms. The first-order valence-electron chi connectivity index (χ1n) is 7.48. The maximum atomic E-state index is 13.6. The first kappa shape index (κ1) is 16.0. The lowest BCUT2D eigenvalue weighted by Crippen LogP contribution is -2.22. The molecule has 1 aliphatic rings. The molecule has 0 aliphatic carbocycles. The van der Waals surface area contributed by atoms with E-state index in [1.54, 1.807) is 31.5 Å². The van der Waals surface area contributed by atoms with Gasteiger partial charge in [-0.1, -0.05) is 11.6 Å². The van der Waals surface area contributed by atoms with E-state index in [2.05, 4.69) is 10.3 Å². The summed E-state index contributed by atoms with van der Waals surface area (Å²) in [6.07, 6.45) is 3.49. The molecule has 1 aromatic carbocycles. The fourth-order valence-corrected chi connectivity index (χ4v) is 2.99. The summed E-state index contributed by atoms with van der Waals surface area (Å²) in [6.45, 7) is 1.74. The average molecular weight is 337 g/mol. The Morgan fingerprint density at radius 1 is 1.30 bits per heavy atom. The predicted molar refractivity (Wildman–Crippen MR) is 86.5 cm³/mol. The molecule has 2 atom stereocenters. The second-order valence-corrected chi connectivity index (χ2v) is 5.96. The molecular weight excluding hydrogens is 319 g/mol. The molecule has 0 saturated carbocycles. The molecule has 0 spiro atoms. The topological polar surface area (TPSA) is 43.4 Å². The smallest absolute Gasteiger partial charge is 0.162 e. The van der Waals surface area contributed by atoms with Crippen molar-refractivity contribution in [2.75, 3.05) is 20.2 Å². The lowest BCUT2D eigenvalue weighted by atomic mass is 9.96. The van der Waals surface area contributed by atoms with Crippen LogP contribution in [0.1, 0.15) is 18.1 Å². The minimum absolute atomic E-state index is 0.235. The Kier molecular flexibility index (Phi) is 4.98. The van der Waals surface area contributed by atoms with Gasteiger partial charge in [0.05, 0.1) is 13.3 Å². The molecule has 1 fully saturated rings. The van der Waals surface area contributed by atoms with Gasteiger partial charge in [-0.2, -0.15) is 0 Å². The van der Waals surface area contributed by atoms with Gasteiger partial charge < -0.3 is 14.8 Å². The van der Waals surface area contributed by atoms with Crippen LogP contribution in [0.15, 0.2) is 36.7 Å². The molecule has 4 nitrogen and oxygen atoms in total. The van der Waals surface area contributed by atoms with E-state index in [1.165, 1.54) is 12.3 Å². The van der Waals surface area contributed by atoms with Crippen LogP contribution in [0, 0.1) is 11.7 Å². The van der Waals surface area contributed by atoms with Crippen molar-refractivity contribution < 1.29 is 13.9 Å². The standard InChI is InChI=1S/C17H18ClFN2O2/c1-22-16-7-13(18)2-3-15(16)23-17(11-4-5-20-8-11)12-6-14(19)10-21-9-12/h2-3,6-7,9-11,17,20H,4-5,8H2,1H3/t11-,17?/m0/s1. The Hall–Kier alpha value is -1.85. The zero-order chi connectivity index (χ0) is 16.2. The van der Waals surface area contributed by atoms with Crippen LogP contribution in [0.5, 0.6) is 11.5 Å². The van der Waals surface area contributed by atoms with E-state index in [9.17, 15) is 4.39 Å². The van der Waals surface area contributed by atoms with Crippen LogP contribution in [0.2, 0.25) is 5.02 Å². The Labute approximate surface area is 139 Å². The molecule has 0 amide bonds. The molecule has 1 aliphatic heterocycles. The second kappa shape index (κ2) is 7.15. The Balaban J connectivity index is 1.93. The third kappa shape index (κ3) is 3.74. The number of halogens is 2. The highest BCUT2D eigenvalue weighted by molar-refractivity contribution is 6.30. The molecular formula is C17H18ClFN2O2. The van der Waals surface area contributed by atoms with E-state index < -0.39 is 0 Å². The average Bonchev–Trinajstić information content (AvgIpc) is 3.07. The highest BCUT2D eigenvalue weighted by Crippen LogP contribution is 2.37. The van der Waals surface area contributed by atoms with Gasteiger partial charge in [-0.15, -0.1) is 0 Å². The van der Waals surface area contributed by atoms with E-state index in [0.717, 1.165) is 25.1 Å². The van der Waals surface area contributed by atoms with Gasteiger partial charge in [0.15, 0.2) is 11.5 Å². The summed E-state index contributed by atoms with van der Waals surface area (Å²) < 4.78 is 25.1. The molecule has 0 radical (unpaired) electrons. The number of ether oxygens (including phenoxy) is 2. The van der Waals surface area contributed by atoms with Crippen LogP contribution in [0.4, 0.5) is 4.39 Å². The number of benzene rings is 1. The van der Waals surface area contributed by atoms with Gasteiger partial charge in [-0.25, -0.2) is 4.39 Å². The minimum Gasteiger partial charge on any atom is -0.493 e. The summed E-state index contributed by atoms with van der Waals surface area (Å²) in [6, 6.07) is 6.68. The number of nitrogens with one attached hydrogen (secondary N) is 1. The maximum absolute atomic E-state index is 13.6. The van der Waals surface area contributed by atoms with Gasteiger partial charge in [0.25, 0.3) is 0 Å². The van der Waals surface area contributed by atoms with E-state index >= 15 is 0 Å². The van der Waals surface area contributed by atoms with E-state index in [1.807, 2.05) is 0 Å². The second-order valence-electron chi connectivity index (χ2n) is 5.52. The molecule has 2 heterocycles. The van der Waals surface area contributed by atoms with Crippen LogP contribution in [0.25, 0.3) is 0 Å². The first-order valence-corrected chi connectivity index (χ1v) is 7.86. The van der Waals surface area contributed by atoms with Crippen molar-refractivity contribution in [2.45, 2.75) is 12.5 Å². The van der Waals surface area contributed by atoms with Crippen molar-refractivity contribution in [1.29, 1.82) is 0 Å². The maximum Gasteiger partial charge on any atom is 0.162 e. The summed E-state index contributed by atoms with van der Waals surface area (Å²) in [5, 5.41) is 3.88. The van der Waals surface area contributed by atoms with Gasteiger partial charge in [0.2, 0.25) is 0 Å². The van der Waals surface area contributed by atoms with Crippen molar-refractivity contribution in [3.8, 4) is 11.5 Å². The number of hydrogen-bond donors (Lipinski definition) is 1. The van der Waals surface area contributed by atoms with Crippen LogP contribution in [0.3, 0.4) is 0 Å². The Morgan fingerprint density at radius 2 is 2.17 bits per heavy atom. The van der Waals surface area contributed by atoms with Crippen LogP contribution < -0.4 is 14.8 Å². The van der Waals surface area contributed by atoms with Crippen molar-refractivity contribution in [2.24, 2.45) is 5.92 Å². The zero-order valence-corrected chi connectivity index (χ0v) is 13.5. The molecule has 3 rings (SSSR count). The summed E-state index contributed by atoms with van der Waals surface area (Å²) in [4.78, 5) is 3.95. The van der Waals surface area contributed by atoms with E-state index in [4.69, 9.17) is 21.1 Å². The fraction of sp³-hybridized carbons (Fsp3) is 0.353. The molecule has 122 valence electrons. The highest BCUT2D eigenvalue weighted by Gasteiger charge is 2.29. The van der Waals surface area contributed by atoms with Crippen LogP contribution >= 0.6 is 11.6 Å². The summed E-state index contributed by atoms with van der Waals surface area (Å²) in [7, 11) is 1.56.